The van der Waals surface area contributed by atoms with Crippen LogP contribution in [0.3, 0.4) is 0 Å². The summed E-state index contributed by atoms with van der Waals surface area (Å²) in [7, 11) is 0. The van der Waals surface area contributed by atoms with Crippen molar-refractivity contribution >= 4 is 21.6 Å². The van der Waals surface area contributed by atoms with E-state index >= 15 is 0 Å². The number of halogens is 1. The minimum Gasteiger partial charge on any atom is -0.355 e. The highest BCUT2D eigenvalue weighted by Gasteiger charge is 2.55. The van der Waals surface area contributed by atoms with E-state index in [2.05, 4.69) is 59.8 Å². The summed E-state index contributed by atoms with van der Waals surface area (Å²) in [5.41, 5.74) is 2.54. The summed E-state index contributed by atoms with van der Waals surface area (Å²) in [4.78, 5) is 2.43. The SMILES string of the molecule is CC1(C)c2cc(Br)ccc2N2CCCOC21C. The second-order valence-corrected chi connectivity index (χ2v) is 6.54. The zero-order valence-corrected chi connectivity index (χ0v) is 12.2. The van der Waals surface area contributed by atoms with E-state index in [-0.39, 0.29) is 11.1 Å². The molecule has 1 saturated heterocycles. The number of hydrogen-bond donors (Lipinski definition) is 0. The van der Waals surface area contributed by atoms with Crippen molar-refractivity contribution in [2.24, 2.45) is 0 Å². The van der Waals surface area contributed by atoms with Crippen LogP contribution in [0.15, 0.2) is 22.7 Å². The van der Waals surface area contributed by atoms with Crippen molar-refractivity contribution in [3.8, 4) is 0 Å². The van der Waals surface area contributed by atoms with Gasteiger partial charge in [0.2, 0.25) is 0 Å². The number of nitrogens with zero attached hydrogens (tertiary/aromatic N) is 1. The number of anilines is 1. The van der Waals surface area contributed by atoms with E-state index < -0.39 is 0 Å². The Labute approximate surface area is 111 Å². The summed E-state index contributed by atoms with van der Waals surface area (Å²) in [6.07, 6.45) is 1.11. The Morgan fingerprint density at radius 1 is 1.29 bits per heavy atom. The number of ether oxygens (including phenoxy) is 1. The first-order chi connectivity index (χ1) is 7.97. The predicted octanol–water partition coefficient (Wildman–Crippen LogP) is 3.68. The standard InChI is InChI=1S/C14H18BrNO/c1-13(2)11-9-10(15)5-6-12(11)16-7-4-8-17-14(13,16)3/h5-6,9H,4,7-8H2,1-3H3. The van der Waals surface area contributed by atoms with E-state index in [9.17, 15) is 0 Å². The fourth-order valence-corrected chi connectivity index (χ4v) is 3.51. The molecule has 1 unspecified atom stereocenters. The molecule has 0 amide bonds. The molecule has 0 aliphatic carbocycles. The van der Waals surface area contributed by atoms with Gasteiger partial charge in [0.15, 0.2) is 0 Å². The smallest absolute Gasteiger partial charge is 0.147 e. The Kier molecular flexibility index (Phi) is 2.37. The van der Waals surface area contributed by atoms with Gasteiger partial charge >= 0.3 is 0 Å². The Hall–Kier alpha value is -0.540. The molecule has 2 heterocycles. The monoisotopic (exact) mass is 295 g/mol. The van der Waals surface area contributed by atoms with Gasteiger partial charge in [0.1, 0.15) is 5.72 Å². The third-order valence-corrected chi connectivity index (χ3v) is 5.00. The number of fused-ring (bicyclic) bond motifs is 3. The highest BCUT2D eigenvalue weighted by atomic mass is 79.9. The van der Waals surface area contributed by atoms with Crippen LogP contribution in [0.1, 0.15) is 32.8 Å². The molecule has 0 saturated carbocycles. The Morgan fingerprint density at radius 2 is 2.06 bits per heavy atom. The van der Waals surface area contributed by atoms with Crippen molar-refractivity contribution in [3.63, 3.8) is 0 Å². The van der Waals surface area contributed by atoms with Crippen LogP contribution in [0, 0.1) is 0 Å². The minimum absolute atomic E-state index is 0.0204. The van der Waals surface area contributed by atoms with Gasteiger partial charge in [-0.15, -0.1) is 0 Å². The molecule has 3 heteroatoms. The highest BCUT2D eigenvalue weighted by molar-refractivity contribution is 9.10. The first-order valence-corrected chi connectivity index (χ1v) is 6.98. The molecule has 1 atom stereocenters. The van der Waals surface area contributed by atoms with Crippen LogP contribution in [0.2, 0.25) is 0 Å². The zero-order valence-electron chi connectivity index (χ0n) is 10.6. The first kappa shape index (κ1) is 11.5. The van der Waals surface area contributed by atoms with E-state index in [4.69, 9.17) is 4.74 Å². The topological polar surface area (TPSA) is 12.5 Å². The summed E-state index contributed by atoms with van der Waals surface area (Å²) in [6, 6.07) is 6.57. The van der Waals surface area contributed by atoms with Crippen molar-refractivity contribution in [2.75, 3.05) is 18.1 Å². The maximum absolute atomic E-state index is 6.14. The molecule has 0 radical (unpaired) electrons. The van der Waals surface area contributed by atoms with Gasteiger partial charge in [0.05, 0.1) is 6.61 Å². The van der Waals surface area contributed by atoms with Gasteiger partial charge in [-0.05, 0) is 37.1 Å². The molecule has 1 aromatic carbocycles. The van der Waals surface area contributed by atoms with E-state index in [0.29, 0.717) is 0 Å². The van der Waals surface area contributed by atoms with Gasteiger partial charge in [-0.3, -0.25) is 0 Å². The van der Waals surface area contributed by atoms with E-state index in [1.807, 2.05) is 0 Å². The van der Waals surface area contributed by atoms with E-state index in [0.717, 1.165) is 24.0 Å². The second-order valence-electron chi connectivity index (χ2n) is 5.62. The van der Waals surface area contributed by atoms with Crippen molar-refractivity contribution in [1.29, 1.82) is 0 Å². The zero-order chi connectivity index (χ0) is 12.3. The molecular formula is C14H18BrNO. The van der Waals surface area contributed by atoms with Crippen molar-refractivity contribution in [2.45, 2.75) is 38.3 Å². The molecule has 0 aromatic heterocycles. The molecule has 2 aliphatic rings. The van der Waals surface area contributed by atoms with Gasteiger partial charge in [-0.1, -0.05) is 29.8 Å². The van der Waals surface area contributed by atoms with Crippen LogP contribution >= 0.6 is 15.9 Å². The Morgan fingerprint density at radius 3 is 2.82 bits per heavy atom. The van der Waals surface area contributed by atoms with Crippen molar-refractivity contribution in [3.05, 3.63) is 28.2 Å². The Balaban J connectivity index is 2.22. The highest BCUT2D eigenvalue weighted by Crippen LogP contribution is 2.53. The average Bonchev–Trinajstić information content (AvgIpc) is 2.46. The third kappa shape index (κ3) is 1.36. The Bertz CT molecular complexity index is 471. The molecule has 3 rings (SSSR count). The van der Waals surface area contributed by atoms with Crippen LogP contribution in [-0.4, -0.2) is 18.9 Å². The van der Waals surface area contributed by atoms with E-state index in [1.165, 1.54) is 11.3 Å². The molecule has 0 spiro atoms. The molecule has 2 nitrogen and oxygen atoms in total. The molecule has 0 N–H and O–H groups in total. The largest absolute Gasteiger partial charge is 0.355 e. The van der Waals surface area contributed by atoms with Crippen LogP contribution in [0.4, 0.5) is 5.69 Å². The fraction of sp³-hybridized carbons (Fsp3) is 0.571. The molecular weight excluding hydrogens is 278 g/mol. The maximum Gasteiger partial charge on any atom is 0.147 e. The summed E-state index contributed by atoms with van der Waals surface area (Å²) >= 11 is 3.57. The predicted molar refractivity (Wildman–Crippen MR) is 73.5 cm³/mol. The quantitative estimate of drug-likeness (QED) is 0.724. The van der Waals surface area contributed by atoms with Crippen molar-refractivity contribution in [1.82, 2.24) is 0 Å². The summed E-state index contributed by atoms with van der Waals surface area (Å²) in [5, 5.41) is 0. The van der Waals surface area contributed by atoms with Gasteiger partial charge in [0.25, 0.3) is 0 Å². The second kappa shape index (κ2) is 3.48. The lowest BCUT2D eigenvalue weighted by molar-refractivity contribution is -0.0909. The summed E-state index contributed by atoms with van der Waals surface area (Å²) in [6.45, 7) is 8.74. The molecule has 92 valence electrons. The fourth-order valence-electron chi connectivity index (χ4n) is 3.15. The lowest BCUT2D eigenvalue weighted by Crippen LogP contribution is -2.58. The maximum atomic E-state index is 6.14. The molecule has 1 aromatic rings. The van der Waals surface area contributed by atoms with Crippen LogP contribution in [0.5, 0.6) is 0 Å². The van der Waals surface area contributed by atoms with Gasteiger partial charge in [0, 0.05) is 22.1 Å². The number of benzene rings is 1. The van der Waals surface area contributed by atoms with Crippen molar-refractivity contribution < 1.29 is 4.74 Å². The number of rotatable bonds is 0. The van der Waals surface area contributed by atoms with Crippen LogP contribution in [0.25, 0.3) is 0 Å². The number of hydrogen-bond acceptors (Lipinski definition) is 2. The van der Waals surface area contributed by atoms with Crippen LogP contribution < -0.4 is 4.90 Å². The first-order valence-electron chi connectivity index (χ1n) is 6.18. The third-order valence-electron chi connectivity index (χ3n) is 4.51. The molecule has 2 aliphatic heterocycles. The normalized spacial score (nSPS) is 30.0. The summed E-state index contributed by atoms with van der Waals surface area (Å²) < 4.78 is 7.28. The van der Waals surface area contributed by atoms with Crippen LogP contribution in [-0.2, 0) is 10.2 Å². The van der Waals surface area contributed by atoms with Gasteiger partial charge < -0.3 is 9.64 Å². The lowest BCUT2D eigenvalue weighted by atomic mass is 9.78. The molecule has 1 fully saturated rings. The van der Waals surface area contributed by atoms with E-state index in [1.54, 1.807) is 0 Å². The summed E-state index contributed by atoms with van der Waals surface area (Å²) in [5.74, 6) is 0. The minimum atomic E-state index is -0.200. The lowest BCUT2D eigenvalue weighted by Gasteiger charge is -2.47. The van der Waals surface area contributed by atoms with Gasteiger partial charge in [-0.25, -0.2) is 0 Å². The molecule has 17 heavy (non-hydrogen) atoms. The molecule has 0 bridgehead atoms. The average molecular weight is 296 g/mol. The van der Waals surface area contributed by atoms with Gasteiger partial charge in [-0.2, -0.15) is 0 Å².